The van der Waals surface area contributed by atoms with E-state index in [1.807, 2.05) is 22.7 Å². The van der Waals surface area contributed by atoms with Crippen LogP contribution >= 0.6 is 49.9 Å². The van der Waals surface area contributed by atoms with Crippen molar-refractivity contribution >= 4 is 49.9 Å². The lowest BCUT2D eigenvalue weighted by molar-refractivity contribution is 1.41. The van der Waals surface area contributed by atoms with E-state index < -0.39 is 0 Å². The predicted molar refractivity (Wildman–Crippen MR) is 88.1 cm³/mol. The smallest absolute Gasteiger partial charge is 0.0705 e. The molecular weight excluding hydrogens is 344 g/mol. The zero-order chi connectivity index (χ0) is 12.7. The maximum Gasteiger partial charge on any atom is 0.0705 e. The van der Waals surface area contributed by atoms with Crippen LogP contribution in [0.1, 0.15) is 11.1 Å². The Bertz CT molecular complexity index is 674. The Morgan fingerprint density at radius 2 is 1.61 bits per heavy atom. The van der Waals surface area contributed by atoms with Crippen LogP contribution in [0.25, 0.3) is 19.5 Å². The van der Waals surface area contributed by atoms with Crippen LogP contribution in [0.2, 0.25) is 0 Å². The van der Waals surface area contributed by atoms with E-state index in [0.717, 1.165) is 0 Å². The zero-order valence-corrected chi connectivity index (χ0v) is 14.0. The molecule has 0 bridgehead atoms. The van der Waals surface area contributed by atoms with E-state index in [4.69, 9.17) is 0 Å². The Hall–Kier alpha value is -0.420. The van der Waals surface area contributed by atoms with Gasteiger partial charge in [0.05, 0.1) is 3.79 Å². The minimum absolute atomic E-state index is 1.20. The van der Waals surface area contributed by atoms with Crippen LogP contribution in [0.3, 0.4) is 0 Å². The number of hydrogen-bond donors (Lipinski definition) is 0. The van der Waals surface area contributed by atoms with Gasteiger partial charge in [0, 0.05) is 19.5 Å². The molecule has 0 atom stereocenters. The average Bonchev–Trinajstić information content (AvgIpc) is 3.04. The molecule has 0 unspecified atom stereocenters. The van der Waals surface area contributed by atoms with E-state index in [9.17, 15) is 0 Å². The van der Waals surface area contributed by atoms with Gasteiger partial charge in [0.25, 0.3) is 0 Å². The standard InChI is InChI=1S/C14H11BrS3/c1-8-9(2)14(11-5-6-12(15)17-11)18-13(8)10-4-3-7-16-10/h3-7H,1-2H3. The van der Waals surface area contributed by atoms with Gasteiger partial charge in [0.15, 0.2) is 0 Å². The van der Waals surface area contributed by atoms with Gasteiger partial charge in [-0.05, 0) is 64.5 Å². The summed E-state index contributed by atoms with van der Waals surface area (Å²) < 4.78 is 1.20. The summed E-state index contributed by atoms with van der Waals surface area (Å²) in [5, 5.41) is 2.14. The van der Waals surface area contributed by atoms with Gasteiger partial charge < -0.3 is 0 Å². The first kappa shape index (κ1) is 12.6. The second-order valence-corrected chi connectivity index (χ2v) is 8.52. The second-order valence-electron chi connectivity index (χ2n) is 4.09. The summed E-state index contributed by atoms with van der Waals surface area (Å²) in [6.45, 7) is 4.46. The fourth-order valence-electron chi connectivity index (χ4n) is 1.91. The summed E-state index contributed by atoms with van der Waals surface area (Å²) in [5.41, 5.74) is 2.83. The maximum absolute atomic E-state index is 3.54. The SMILES string of the molecule is Cc1c(-c2cccs2)sc(-c2ccc(Br)s2)c1C. The molecule has 0 radical (unpaired) electrons. The Morgan fingerprint density at radius 1 is 0.889 bits per heavy atom. The summed E-state index contributed by atoms with van der Waals surface area (Å²) in [7, 11) is 0. The van der Waals surface area contributed by atoms with E-state index in [1.165, 1.54) is 34.4 Å². The maximum atomic E-state index is 3.54. The lowest BCUT2D eigenvalue weighted by Gasteiger charge is -1.95. The Labute approximate surface area is 127 Å². The van der Waals surface area contributed by atoms with Crippen molar-refractivity contribution < 1.29 is 0 Å². The molecule has 3 aromatic rings. The number of thiophene rings is 3. The molecule has 0 aliphatic heterocycles. The van der Waals surface area contributed by atoms with Gasteiger partial charge in [-0.25, -0.2) is 0 Å². The van der Waals surface area contributed by atoms with Crippen LogP contribution in [0.15, 0.2) is 33.4 Å². The van der Waals surface area contributed by atoms with Crippen molar-refractivity contribution in [3.8, 4) is 19.5 Å². The van der Waals surface area contributed by atoms with Crippen LogP contribution < -0.4 is 0 Å². The number of rotatable bonds is 2. The summed E-state index contributed by atoms with van der Waals surface area (Å²) in [6.07, 6.45) is 0. The molecule has 0 spiro atoms. The summed E-state index contributed by atoms with van der Waals surface area (Å²) in [4.78, 5) is 5.56. The molecule has 0 nitrogen and oxygen atoms in total. The molecule has 18 heavy (non-hydrogen) atoms. The molecule has 92 valence electrons. The van der Waals surface area contributed by atoms with E-state index in [2.05, 4.69) is 59.4 Å². The van der Waals surface area contributed by atoms with Gasteiger partial charge >= 0.3 is 0 Å². The Morgan fingerprint density at radius 3 is 2.17 bits per heavy atom. The lowest BCUT2D eigenvalue weighted by Crippen LogP contribution is -1.75. The second kappa shape index (κ2) is 4.93. The van der Waals surface area contributed by atoms with E-state index in [0.29, 0.717) is 0 Å². The van der Waals surface area contributed by atoms with E-state index in [-0.39, 0.29) is 0 Å². The van der Waals surface area contributed by atoms with Crippen LogP contribution in [0, 0.1) is 13.8 Å². The highest BCUT2D eigenvalue weighted by atomic mass is 79.9. The molecule has 0 N–H and O–H groups in total. The normalized spacial score (nSPS) is 11.1. The van der Waals surface area contributed by atoms with Crippen molar-refractivity contribution in [2.45, 2.75) is 13.8 Å². The topological polar surface area (TPSA) is 0 Å². The Balaban J connectivity index is 2.16. The fourth-order valence-corrected chi connectivity index (χ4v) is 5.69. The highest BCUT2D eigenvalue weighted by Gasteiger charge is 2.16. The van der Waals surface area contributed by atoms with Crippen molar-refractivity contribution in [3.63, 3.8) is 0 Å². The van der Waals surface area contributed by atoms with Gasteiger partial charge in [-0.15, -0.1) is 34.0 Å². The largest absolute Gasteiger partial charge is 0.143 e. The molecule has 0 aliphatic rings. The minimum Gasteiger partial charge on any atom is -0.143 e. The van der Waals surface area contributed by atoms with Crippen molar-refractivity contribution in [3.05, 3.63) is 44.6 Å². The molecule has 0 aliphatic carbocycles. The fraction of sp³-hybridized carbons (Fsp3) is 0.143. The first-order valence-electron chi connectivity index (χ1n) is 5.56. The number of halogens is 1. The highest BCUT2D eigenvalue weighted by molar-refractivity contribution is 9.11. The van der Waals surface area contributed by atoms with Crippen LogP contribution in [0.4, 0.5) is 0 Å². The molecule has 0 aromatic carbocycles. The van der Waals surface area contributed by atoms with Crippen LogP contribution in [-0.2, 0) is 0 Å². The van der Waals surface area contributed by atoms with Gasteiger partial charge in [0.1, 0.15) is 0 Å². The van der Waals surface area contributed by atoms with Gasteiger partial charge in [-0.2, -0.15) is 0 Å². The molecule has 0 amide bonds. The third-order valence-electron chi connectivity index (χ3n) is 2.99. The predicted octanol–water partition coefficient (Wildman–Crippen LogP) is 6.58. The monoisotopic (exact) mass is 354 g/mol. The number of hydrogen-bond acceptors (Lipinski definition) is 3. The van der Waals surface area contributed by atoms with Crippen molar-refractivity contribution in [2.75, 3.05) is 0 Å². The first-order chi connectivity index (χ1) is 8.66. The molecular formula is C14H11BrS3. The molecule has 3 aromatic heterocycles. The third kappa shape index (κ3) is 2.11. The first-order valence-corrected chi connectivity index (χ1v) is 8.87. The molecule has 0 saturated carbocycles. The Kier molecular flexibility index (Phi) is 3.45. The van der Waals surface area contributed by atoms with E-state index >= 15 is 0 Å². The summed E-state index contributed by atoms with van der Waals surface area (Å²) in [5.74, 6) is 0. The van der Waals surface area contributed by atoms with Crippen LogP contribution in [0.5, 0.6) is 0 Å². The quantitative estimate of drug-likeness (QED) is 0.487. The zero-order valence-electron chi connectivity index (χ0n) is 9.99. The molecule has 4 heteroatoms. The molecule has 0 saturated heterocycles. The van der Waals surface area contributed by atoms with Gasteiger partial charge in [-0.3, -0.25) is 0 Å². The van der Waals surface area contributed by atoms with Gasteiger partial charge in [0.2, 0.25) is 0 Å². The summed E-state index contributed by atoms with van der Waals surface area (Å²) in [6, 6.07) is 8.65. The van der Waals surface area contributed by atoms with Crippen molar-refractivity contribution in [2.24, 2.45) is 0 Å². The summed E-state index contributed by atoms with van der Waals surface area (Å²) >= 11 is 9.08. The molecule has 3 rings (SSSR count). The molecule has 0 fully saturated rings. The van der Waals surface area contributed by atoms with Gasteiger partial charge in [-0.1, -0.05) is 6.07 Å². The van der Waals surface area contributed by atoms with Crippen LogP contribution in [-0.4, -0.2) is 0 Å². The third-order valence-corrected chi connectivity index (χ3v) is 7.24. The van der Waals surface area contributed by atoms with Crippen molar-refractivity contribution in [1.82, 2.24) is 0 Å². The minimum atomic E-state index is 1.20. The average molecular weight is 355 g/mol. The lowest BCUT2D eigenvalue weighted by atomic mass is 10.1. The highest BCUT2D eigenvalue weighted by Crippen LogP contribution is 2.45. The van der Waals surface area contributed by atoms with E-state index in [1.54, 1.807) is 11.3 Å². The van der Waals surface area contributed by atoms with Crippen molar-refractivity contribution in [1.29, 1.82) is 0 Å². The molecule has 3 heterocycles.